The van der Waals surface area contributed by atoms with Crippen LogP contribution in [0, 0.1) is 6.92 Å². The molecule has 1 heterocycles. The SMILES string of the molecule is COc1ccc(CC(=O)N2CCOC(COc3ccc(C(C)=O)c(C)c3)C2)cc1Br. The number of Topliss-reactive ketones (excluding diaryl/α,β-unsaturated/α-hetero) is 1. The number of hydrogen-bond donors (Lipinski definition) is 0. The molecule has 2 aromatic rings. The van der Waals surface area contributed by atoms with E-state index >= 15 is 0 Å². The number of amides is 1. The highest BCUT2D eigenvalue weighted by atomic mass is 79.9. The molecule has 3 rings (SSSR count). The third-order valence-electron chi connectivity index (χ3n) is 5.08. The molecule has 0 saturated carbocycles. The Balaban J connectivity index is 1.54. The lowest BCUT2D eigenvalue weighted by atomic mass is 10.1. The Kier molecular flexibility index (Phi) is 7.50. The molecule has 2 aromatic carbocycles. The van der Waals surface area contributed by atoms with E-state index in [-0.39, 0.29) is 17.8 Å². The molecule has 1 unspecified atom stereocenters. The molecule has 0 radical (unpaired) electrons. The number of carbonyl (C=O) groups excluding carboxylic acids is 2. The van der Waals surface area contributed by atoms with Crippen molar-refractivity contribution in [2.75, 3.05) is 33.4 Å². The Labute approximate surface area is 185 Å². The Morgan fingerprint density at radius 1 is 1.23 bits per heavy atom. The van der Waals surface area contributed by atoms with Gasteiger partial charge in [0.05, 0.1) is 31.2 Å². The van der Waals surface area contributed by atoms with E-state index in [1.165, 1.54) is 0 Å². The maximum atomic E-state index is 12.8. The number of aryl methyl sites for hydroxylation is 1. The molecule has 1 aliphatic rings. The first kappa shape index (κ1) is 22.3. The van der Waals surface area contributed by atoms with Gasteiger partial charge in [0, 0.05) is 12.1 Å². The predicted molar refractivity (Wildman–Crippen MR) is 117 cm³/mol. The number of halogens is 1. The summed E-state index contributed by atoms with van der Waals surface area (Å²) < 4.78 is 17.7. The van der Waals surface area contributed by atoms with Crippen molar-refractivity contribution in [3.05, 3.63) is 57.6 Å². The molecule has 7 heteroatoms. The molecular weight excluding hydrogens is 450 g/mol. The molecule has 0 bridgehead atoms. The van der Waals surface area contributed by atoms with E-state index in [9.17, 15) is 9.59 Å². The molecule has 6 nitrogen and oxygen atoms in total. The van der Waals surface area contributed by atoms with E-state index in [0.717, 1.165) is 21.3 Å². The summed E-state index contributed by atoms with van der Waals surface area (Å²) in [5, 5.41) is 0. The van der Waals surface area contributed by atoms with Gasteiger partial charge >= 0.3 is 0 Å². The molecule has 0 spiro atoms. The molecule has 1 amide bonds. The van der Waals surface area contributed by atoms with Crippen molar-refractivity contribution >= 4 is 27.6 Å². The van der Waals surface area contributed by atoms with Gasteiger partial charge in [-0.1, -0.05) is 6.07 Å². The summed E-state index contributed by atoms with van der Waals surface area (Å²) in [6.45, 7) is 5.32. The molecule has 1 saturated heterocycles. The van der Waals surface area contributed by atoms with Gasteiger partial charge in [0.2, 0.25) is 5.91 Å². The van der Waals surface area contributed by atoms with Gasteiger partial charge in [0.25, 0.3) is 0 Å². The summed E-state index contributed by atoms with van der Waals surface area (Å²) in [7, 11) is 1.61. The molecule has 0 aromatic heterocycles. The molecule has 30 heavy (non-hydrogen) atoms. The van der Waals surface area contributed by atoms with E-state index in [2.05, 4.69) is 15.9 Å². The van der Waals surface area contributed by atoms with Crippen molar-refractivity contribution in [2.45, 2.75) is 26.4 Å². The van der Waals surface area contributed by atoms with Crippen molar-refractivity contribution in [1.82, 2.24) is 4.90 Å². The van der Waals surface area contributed by atoms with Gasteiger partial charge in [-0.3, -0.25) is 9.59 Å². The van der Waals surface area contributed by atoms with Crippen molar-refractivity contribution in [2.24, 2.45) is 0 Å². The van der Waals surface area contributed by atoms with Gasteiger partial charge in [-0.05, 0) is 71.2 Å². The lowest BCUT2D eigenvalue weighted by molar-refractivity contribution is -0.139. The van der Waals surface area contributed by atoms with Gasteiger partial charge in [-0.25, -0.2) is 0 Å². The smallest absolute Gasteiger partial charge is 0.227 e. The van der Waals surface area contributed by atoms with E-state index in [4.69, 9.17) is 14.2 Å². The number of ketones is 1. The highest BCUT2D eigenvalue weighted by molar-refractivity contribution is 9.10. The Bertz CT molecular complexity index is 930. The largest absolute Gasteiger partial charge is 0.496 e. The number of ether oxygens (including phenoxy) is 3. The average molecular weight is 476 g/mol. The maximum absolute atomic E-state index is 12.8. The minimum atomic E-state index is -0.196. The van der Waals surface area contributed by atoms with Crippen LogP contribution in [0.3, 0.4) is 0 Å². The van der Waals surface area contributed by atoms with Crippen LogP contribution in [0.2, 0.25) is 0 Å². The molecule has 1 aliphatic heterocycles. The number of carbonyl (C=O) groups is 2. The number of rotatable bonds is 7. The summed E-state index contributed by atoms with van der Waals surface area (Å²) in [6, 6.07) is 11.1. The zero-order valence-corrected chi connectivity index (χ0v) is 19.0. The molecule has 1 fully saturated rings. The fraction of sp³-hybridized carbons (Fsp3) is 0.391. The molecule has 1 atom stereocenters. The first-order valence-corrected chi connectivity index (χ1v) is 10.6. The van der Waals surface area contributed by atoms with Gasteiger partial charge in [-0.2, -0.15) is 0 Å². The van der Waals surface area contributed by atoms with Crippen LogP contribution in [-0.2, 0) is 16.0 Å². The van der Waals surface area contributed by atoms with Crippen LogP contribution in [-0.4, -0.2) is 56.1 Å². The fourth-order valence-electron chi connectivity index (χ4n) is 3.46. The summed E-state index contributed by atoms with van der Waals surface area (Å²) in [5.74, 6) is 1.52. The Morgan fingerprint density at radius 2 is 2.03 bits per heavy atom. The molecule has 160 valence electrons. The van der Waals surface area contributed by atoms with E-state index < -0.39 is 0 Å². The summed E-state index contributed by atoms with van der Waals surface area (Å²) >= 11 is 3.46. The van der Waals surface area contributed by atoms with Crippen molar-refractivity contribution in [3.8, 4) is 11.5 Å². The topological polar surface area (TPSA) is 65.1 Å². The highest BCUT2D eigenvalue weighted by Gasteiger charge is 2.25. The average Bonchev–Trinajstić information content (AvgIpc) is 2.72. The predicted octanol–water partition coefficient (Wildman–Crippen LogP) is 3.82. The van der Waals surface area contributed by atoms with Gasteiger partial charge in [0.1, 0.15) is 24.2 Å². The highest BCUT2D eigenvalue weighted by Crippen LogP contribution is 2.26. The lowest BCUT2D eigenvalue weighted by Crippen LogP contribution is -2.48. The minimum Gasteiger partial charge on any atom is -0.496 e. The van der Waals surface area contributed by atoms with Crippen molar-refractivity contribution in [1.29, 1.82) is 0 Å². The van der Waals surface area contributed by atoms with Crippen LogP contribution in [0.4, 0.5) is 0 Å². The van der Waals surface area contributed by atoms with Gasteiger partial charge in [0.15, 0.2) is 5.78 Å². The van der Waals surface area contributed by atoms with Crippen molar-refractivity contribution in [3.63, 3.8) is 0 Å². The second-order valence-electron chi connectivity index (χ2n) is 7.32. The van der Waals surface area contributed by atoms with Crippen LogP contribution in [0.25, 0.3) is 0 Å². The first-order valence-electron chi connectivity index (χ1n) is 9.83. The van der Waals surface area contributed by atoms with Crippen LogP contribution in [0.5, 0.6) is 11.5 Å². The number of benzene rings is 2. The summed E-state index contributed by atoms with van der Waals surface area (Å²) in [5.41, 5.74) is 2.50. The van der Waals surface area contributed by atoms with Crippen LogP contribution >= 0.6 is 15.9 Å². The van der Waals surface area contributed by atoms with Crippen molar-refractivity contribution < 1.29 is 23.8 Å². The van der Waals surface area contributed by atoms with E-state index in [1.54, 1.807) is 26.2 Å². The second-order valence-corrected chi connectivity index (χ2v) is 8.18. The normalized spacial score (nSPS) is 16.3. The third kappa shape index (κ3) is 5.61. The monoisotopic (exact) mass is 475 g/mol. The maximum Gasteiger partial charge on any atom is 0.227 e. The fourth-order valence-corrected chi connectivity index (χ4v) is 4.05. The van der Waals surface area contributed by atoms with Crippen LogP contribution in [0.15, 0.2) is 40.9 Å². The molecule has 0 N–H and O–H groups in total. The zero-order valence-electron chi connectivity index (χ0n) is 17.4. The number of methoxy groups -OCH3 is 1. The van der Waals surface area contributed by atoms with Crippen LogP contribution in [0.1, 0.15) is 28.4 Å². The number of nitrogens with zero attached hydrogens (tertiary/aromatic N) is 1. The van der Waals surface area contributed by atoms with Crippen LogP contribution < -0.4 is 9.47 Å². The standard InChI is InChI=1S/C23H26BrNO5/c1-15-10-18(5-6-20(15)16(2)26)30-14-19-13-25(8-9-29-19)23(27)12-17-4-7-22(28-3)21(24)11-17/h4-7,10-11,19H,8-9,12-14H2,1-3H3. The lowest BCUT2D eigenvalue weighted by Gasteiger charge is -2.33. The summed E-state index contributed by atoms with van der Waals surface area (Å²) in [4.78, 5) is 26.1. The number of morpholine rings is 1. The summed E-state index contributed by atoms with van der Waals surface area (Å²) in [6.07, 6.45) is 0.125. The first-order chi connectivity index (χ1) is 14.4. The molecule has 0 aliphatic carbocycles. The third-order valence-corrected chi connectivity index (χ3v) is 5.70. The van der Waals surface area contributed by atoms with Gasteiger partial charge < -0.3 is 19.1 Å². The van der Waals surface area contributed by atoms with E-state index in [0.29, 0.717) is 44.0 Å². The zero-order chi connectivity index (χ0) is 21.7. The van der Waals surface area contributed by atoms with Gasteiger partial charge in [-0.15, -0.1) is 0 Å². The Hall–Kier alpha value is -2.38. The molecular formula is C23H26BrNO5. The quantitative estimate of drug-likeness (QED) is 0.569. The second kappa shape index (κ2) is 10.1. The Morgan fingerprint density at radius 3 is 2.70 bits per heavy atom. The minimum absolute atomic E-state index is 0.0349. The number of hydrogen-bond acceptors (Lipinski definition) is 5. The van der Waals surface area contributed by atoms with E-state index in [1.807, 2.05) is 36.1 Å².